The van der Waals surface area contributed by atoms with Crippen LogP contribution in [0.2, 0.25) is 0 Å². The highest BCUT2D eigenvalue weighted by Crippen LogP contribution is 2.28. The number of likely N-dealkylation sites (tertiary alicyclic amines) is 3. The molecule has 3 saturated heterocycles. The first kappa shape index (κ1) is 41.8. The largest absolute Gasteiger partial charge is 0.465 e. The molecule has 0 radical (unpaired) electrons. The molecule has 2 N–H and O–H groups in total. The summed E-state index contributed by atoms with van der Waals surface area (Å²) in [5, 5.41) is 3.04. The summed E-state index contributed by atoms with van der Waals surface area (Å²) in [4.78, 5) is 75.9. The van der Waals surface area contributed by atoms with Gasteiger partial charge in [-0.05, 0) is 100 Å². The third-order valence-corrected chi connectivity index (χ3v) is 11.6. The summed E-state index contributed by atoms with van der Waals surface area (Å²) in [6.07, 6.45) is 5.66. The number of benzene rings is 2. The number of esters is 1. The van der Waals surface area contributed by atoms with Crippen molar-refractivity contribution in [1.29, 1.82) is 0 Å². The molecule has 14 nitrogen and oxygen atoms in total. The zero-order chi connectivity index (χ0) is 40.5. The van der Waals surface area contributed by atoms with Crippen LogP contribution in [0.15, 0.2) is 45.6 Å². The van der Waals surface area contributed by atoms with Gasteiger partial charge in [0.15, 0.2) is 11.7 Å². The number of H-pyrrole nitrogens is 1. The van der Waals surface area contributed by atoms with E-state index in [4.69, 9.17) is 13.9 Å². The molecule has 2 aromatic carbocycles. The molecule has 1 atom stereocenters. The lowest BCUT2D eigenvalue weighted by Gasteiger charge is -2.42. The highest BCUT2D eigenvalue weighted by atomic mass is 16.6. The van der Waals surface area contributed by atoms with Gasteiger partial charge >= 0.3 is 23.8 Å². The molecule has 14 heteroatoms. The number of hydrogen-bond donors (Lipinski definition) is 2. The molecule has 0 bridgehead atoms. The minimum Gasteiger partial charge on any atom is -0.465 e. The minimum absolute atomic E-state index is 0.0199. The summed E-state index contributed by atoms with van der Waals surface area (Å²) in [5.41, 5.74) is 4.43. The van der Waals surface area contributed by atoms with E-state index < -0.39 is 18.0 Å². The molecule has 1 aromatic heterocycles. The van der Waals surface area contributed by atoms with Crippen LogP contribution in [-0.4, -0.2) is 119 Å². The molecule has 4 aliphatic heterocycles. The van der Waals surface area contributed by atoms with E-state index in [1.54, 1.807) is 15.9 Å². The summed E-state index contributed by atoms with van der Waals surface area (Å²) in [6, 6.07) is 11.6. The average Bonchev–Trinajstić information content (AvgIpc) is 3.52. The van der Waals surface area contributed by atoms with Crippen molar-refractivity contribution in [2.45, 2.75) is 110 Å². The van der Waals surface area contributed by atoms with E-state index in [2.05, 4.69) is 29.0 Å². The van der Waals surface area contributed by atoms with E-state index in [-0.39, 0.29) is 36.3 Å². The van der Waals surface area contributed by atoms with Gasteiger partial charge in [-0.3, -0.25) is 14.6 Å². The number of nitrogens with one attached hydrogen (secondary N) is 2. The molecule has 7 rings (SSSR count). The van der Waals surface area contributed by atoms with Crippen LogP contribution < -0.4 is 11.1 Å². The number of hydrogen-bond acceptors (Lipinski definition) is 9. The number of amides is 4. The molecular formula is C43H60N6O8. The maximum atomic E-state index is 14.2. The molecule has 0 aliphatic carbocycles. The van der Waals surface area contributed by atoms with E-state index in [1.807, 2.05) is 49.1 Å². The maximum absolute atomic E-state index is 14.2. The Kier molecular flexibility index (Phi) is 14.3. The maximum Gasteiger partial charge on any atom is 0.417 e. The van der Waals surface area contributed by atoms with Crippen molar-refractivity contribution in [3.05, 3.63) is 63.6 Å². The molecule has 5 heterocycles. The number of aromatic nitrogens is 1. The van der Waals surface area contributed by atoms with Gasteiger partial charge < -0.3 is 38.8 Å². The average molecular weight is 789 g/mol. The van der Waals surface area contributed by atoms with E-state index in [1.165, 1.54) is 6.42 Å². The van der Waals surface area contributed by atoms with Crippen LogP contribution in [0.5, 0.6) is 0 Å². The van der Waals surface area contributed by atoms with Gasteiger partial charge in [0.2, 0.25) is 0 Å². The number of carbonyl (C=O) groups is 4. The predicted molar refractivity (Wildman–Crippen MR) is 217 cm³/mol. The van der Waals surface area contributed by atoms with Crippen molar-refractivity contribution in [2.75, 3.05) is 57.7 Å². The molecule has 0 unspecified atom stereocenters. The number of aryl methyl sites for hydroxylation is 1. The number of carbonyl (C=O) groups excluding carboxylic acids is 4. The highest BCUT2D eigenvalue weighted by Gasteiger charge is 2.37. The molecule has 57 heavy (non-hydrogen) atoms. The molecule has 3 aromatic rings. The van der Waals surface area contributed by atoms with Crippen molar-refractivity contribution in [3.63, 3.8) is 0 Å². The first-order chi connectivity index (χ1) is 27.6. The number of aromatic amines is 1. The molecule has 310 valence electrons. The van der Waals surface area contributed by atoms with Crippen LogP contribution in [0.4, 0.5) is 15.3 Å². The van der Waals surface area contributed by atoms with Crippen LogP contribution in [0, 0.1) is 12.8 Å². The van der Waals surface area contributed by atoms with Crippen LogP contribution in [0.25, 0.3) is 11.1 Å². The van der Waals surface area contributed by atoms with Gasteiger partial charge in [-0.1, -0.05) is 51.5 Å². The number of anilines is 1. The predicted octanol–water partition coefficient (Wildman–Crippen LogP) is 6.10. The van der Waals surface area contributed by atoms with Crippen LogP contribution in [0.3, 0.4) is 0 Å². The van der Waals surface area contributed by atoms with Gasteiger partial charge in [0, 0.05) is 56.9 Å². The quantitative estimate of drug-likeness (QED) is 0.245. The molecular weight excluding hydrogens is 729 g/mol. The van der Waals surface area contributed by atoms with Crippen LogP contribution in [-0.2, 0) is 31.9 Å². The first-order valence-corrected chi connectivity index (χ1v) is 21.0. The monoisotopic (exact) mass is 788 g/mol. The summed E-state index contributed by atoms with van der Waals surface area (Å²) in [5.74, 6) is -0.947. The Labute approximate surface area is 335 Å². The lowest BCUT2D eigenvalue weighted by atomic mass is 9.93. The minimum atomic E-state index is -1.07. The fraction of sp³-hybridized carbons (Fsp3) is 0.605. The third kappa shape index (κ3) is 10.4. The number of urea groups is 1. The Bertz CT molecular complexity index is 1900. The van der Waals surface area contributed by atoms with Crippen molar-refractivity contribution >= 4 is 40.8 Å². The van der Waals surface area contributed by atoms with E-state index in [9.17, 15) is 24.0 Å². The Morgan fingerprint density at radius 3 is 2.23 bits per heavy atom. The van der Waals surface area contributed by atoms with Gasteiger partial charge in [0.1, 0.15) is 0 Å². The SMILES string of the molecule is CCC.CCCOC(=O)C1CCN(C2CCN(C(=O)[C@@H](Cc3cc(C)c4[nH]c(=O)oc4c3)OC(=O)N3CCC(N4CCc5ccccc5NC4=O)CC3)CC2)CC1. The fourth-order valence-electron chi connectivity index (χ4n) is 8.58. The molecule has 0 spiro atoms. The van der Waals surface area contributed by atoms with Crippen molar-refractivity contribution < 1.29 is 33.1 Å². The number of para-hydroxylation sites is 1. The zero-order valence-electron chi connectivity index (χ0n) is 34.1. The second-order valence-corrected chi connectivity index (χ2v) is 15.9. The van der Waals surface area contributed by atoms with Crippen molar-refractivity contribution in [3.8, 4) is 0 Å². The Morgan fingerprint density at radius 2 is 1.53 bits per heavy atom. The summed E-state index contributed by atoms with van der Waals surface area (Å²) in [6.45, 7) is 12.7. The lowest BCUT2D eigenvalue weighted by Crippen LogP contribution is -2.53. The fourth-order valence-corrected chi connectivity index (χ4v) is 8.58. The second-order valence-electron chi connectivity index (χ2n) is 15.9. The van der Waals surface area contributed by atoms with Gasteiger partial charge in [0.05, 0.1) is 18.0 Å². The second kappa shape index (κ2) is 19.5. The summed E-state index contributed by atoms with van der Waals surface area (Å²) < 4.78 is 16.8. The van der Waals surface area contributed by atoms with Gasteiger partial charge in [-0.2, -0.15) is 0 Å². The number of fused-ring (bicyclic) bond motifs is 2. The lowest BCUT2D eigenvalue weighted by molar-refractivity contribution is -0.151. The standard InChI is InChI=1S/C40H52N6O8.C3H8/c1-3-22-52-37(48)29-8-15-43(16-9-29)30-11-17-44(18-12-30)36(47)34(25-27-23-26(2)35-33(24-27)53-39(50)42-35)54-40(51)45-19-13-31(14-20-45)46-21-10-28-6-4-5-7-32(28)41-38(46)49;1-3-2/h4-7,23-24,29-31,34H,3,8-22,25H2,1-2H3,(H,41,49)(H,42,50);3H2,1-2H3/t34-;/m1./s1. The molecule has 0 saturated carbocycles. The normalized spacial score (nSPS) is 19.2. The van der Waals surface area contributed by atoms with Crippen molar-refractivity contribution in [2.24, 2.45) is 5.92 Å². The smallest absolute Gasteiger partial charge is 0.417 e. The number of ether oxygens (including phenoxy) is 2. The Balaban J connectivity index is 0.00000177. The summed E-state index contributed by atoms with van der Waals surface area (Å²) >= 11 is 0. The van der Waals surface area contributed by atoms with Crippen LogP contribution in [0.1, 0.15) is 88.8 Å². The first-order valence-electron chi connectivity index (χ1n) is 21.0. The molecule has 4 aliphatic rings. The third-order valence-electron chi connectivity index (χ3n) is 11.6. The van der Waals surface area contributed by atoms with Gasteiger partial charge in [-0.15, -0.1) is 0 Å². The Morgan fingerprint density at radius 1 is 0.860 bits per heavy atom. The topological polar surface area (TPSA) is 158 Å². The Hall–Kier alpha value is -4.85. The number of oxazole rings is 1. The van der Waals surface area contributed by atoms with E-state index in [0.29, 0.717) is 69.3 Å². The van der Waals surface area contributed by atoms with Gasteiger partial charge in [-0.25, -0.2) is 14.4 Å². The van der Waals surface area contributed by atoms with E-state index >= 15 is 0 Å². The van der Waals surface area contributed by atoms with Gasteiger partial charge in [0.25, 0.3) is 5.91 Å². The summed E-state index contributed by atoms with van der Waals surface area (Å²) in [7, 11) is 0. The zero-order valence-corrected chi connectivity index (χ0v) is 34.1. The number of rotatable bonds is 9. The number of nitrogens with zero attached hydrogens (tertiary/aromatic N) is 4. The van der Waals surface area contributed by atoms with E-state index in [0.717, 1.165) is 74.0 Å². The van der Waals surface area contributed by atoms with Crippen LogP contribution >= 0.6 is 0 Å². The molecule has 3 fully saturated rings. The van der Waals surface area contributed by atoms with Crippen molar-refractivity contribution in [1.82, 2.24) is 24.6 Å². The molecule has 4 amide bonds. The highest BCUT2D eigenvalue weighted by molar-refractivity contribution is 5.91. The number of piperidine rings is 3.